The van der Waals surface area contributed by atoms with E-state index in [1.54, 1.807) is 4.90 Å². The molecule has 0 aromatic rings. The van der Waals surface area contributed by atoms with Crippen molar-refractivity contribution in [3.05, 3.63) is 0 Å². The summed E-state index contributed by atoms with van der Waals surface area (Å²) < 4.78 is 0. The molecule has 5 heteroatoms. The summed E-state index contributed by atoms with van der Waals surface area (Å²) in [6, 6.07) is -0.124. The van der Waals surface area contributed by atoms with E-state index in [4.69, 9.17) is 5.11 Å². The molecule has 0 radical (unpaired) electrons. The molecule has 0 unspecified atom stereocenters. The van der Waals surface area contributed by atoms with Gasteiger partial charge in [-0.2, -0.15) is 0 Å². The first kappa shape index (κ1) is 13.8. The number of carbonyl (C=O) groups is 2. The van der Waals surface area contributed by atoms with Crippen molar-refractivity contribution >= 4 is 12.0 Å². The van der Waals surface area contributed by atoms with E-state index in [2.05, 4.69) is 12.2 Å². The molecule has 2 N–H and O–H groups in total. The molecular formula is C12H22N2O3. The Balaban J connectivity index is 2.19. The lowest BCUT2D eigenvalue weighted by atomic mass is 9.93. The number of hydrogen-bond donors (Lipinski definition) is 2. The lowest BCUT2D eigenvalue weighted by Crippen LogP contribution is -2.44. The molecule has 1 aliphatic rings. The van der Waals surface area contributed by atoms with E-state index in [-0.39, 0.29) is 19.0 Å². The molecule has 5 nitrogen and oxygen atoms in total. The van der Waals surface area contributed by atoms with Gasteiger partial charge < -0.3 is 15.3 Å². The van der Waals surface area contributed by atoms with Crippen molar-refractivity contribution in [1.82, 2.24) is 10.2 Å². The number of carbonyl (C=O) groups excluding carboxylic acids is 1. The van der Waals surface area contributed by atoms with E-state index < -0.39 is 5.97 Å². The zero-order chi connectivity index (χ0) is 12.7. The Morgan fingerprint density at radius 1 is 1.35 bits per heavy atom. The number of aliphatic carboxylic acids is 1. The van der Waals surface area contributed by atoms with Crippen molar-refractivity contribution < 1.29 is 14.7 Å². The van der Waals surface area contributed by atoms with Crippen LogP contribution in [0.15, 0.2) is 0 Å². The SMILES string of the molecule is CCCC1CCN(C(=O)NCCC(=O)O)CC1. The van der Waals surface area contributed by atoms with Gasteiger partial charge in [0.2, 0.25) is 0 Å². The van der Waals surface area contributed by atoms with Gasteiger partial charge in [-0.1, -0.05) is 19.8 Å². The first-order chi connectivity index (χ1) is 8.13. The summed E-state index contributed by atoms with van der Waals surface area (Å²) in [5.41, 5.74) is 0. The highest BCUT2D eigenvalue weighted by molar-refractivity contribution is 5.75. The normalized spacial score (nSPS) is 16.9. The number of carboxylic acid groups (broad SMARTS) is 1. The van der Waals surface area contributed by atoms with E-state index in [0.717, 1.165) is 31.8 Å². The smallest absolute Gasteiger partial charge is 0.317 e. The highest BCUT2D eigenvalue weighted by Gasteiger charge is 2.21. The van der Waals surface area contributed by atoms with E-state index >= 15 is 0 Å². The summed E-state index contributed by atoms with van der Waals surface area (Å²) in [6.07, 6.45) is 4.57. The van der Waals surface area contributed by atoms with E-state index in [1.165, 1.54) is 12.8 Å². The van der Waals surface area contributed by atoms with Crippen LogP contribution in [-0.2, 0) is 4.79 Å². The number of likely N-dealkylation sites (tertiary alicyclic amines) is 1. The lowest BCUT2D eigenvalue weighted by Gasteiger charge is -2.31. The van der Waals surface area contributed by atoms with Gasteiger partial charge in [-0.3, -0.25) is 4.79 Å². The Kier molecular flexibility index (Phi) is 5.80. The van der Waals surface area contributed by atoms with E-state index in [1.807, 2.05) is 0 Å². The second kappa shape index (κ2) is 7.14. The van der Waals surface area contributed by atoms with Crippen LogP contribution in [0.1, 0.15) is 39.0 Å². The summed E-state index contributed by atoms with van der Waals surface area (Å²) in [6.45, 7) is 3.99. The number of nitrogens with one attached hydrogen (secondary N) is 1. The second-order valence-corrected chi connectivity index (χ2v) is 4.59. The molecule has 17 heavy (non-hydrogen) atoms. The zero-order valence-electron chi connectivity index (χ0n) is 10.4. The number of hydrogen-bond acceptors (Lipinski definition) is 2. The third-order valence-corrected chi connectivity index (χ3v) is 3.21. The van der Waals surface area contributed by atoms with Crippen LogP contribution in [0.2, 0.25) is 0 Å². The van der Waals surface area contributed by atoms with Crippen LogP contribution in [0.25, 0.3) is 0 Å². The van der Waals surface area contributed by atoms with Crippen molar-refractivity contribution in [3.63, 3.8) is 0 Å². The number of amides is 2. The quantitative estimate of drug-likeness (QED) is 0.770. The fraction of sp³-hybridized carbons (Fsp3) is 0.833. The molecular weight excluding hydrogens is 220 g/mol. The number of urea groups is 1. The average Bonchev–Trinajstić information content (AvgIpc) is 2.30. The minimum Gasteiger partial charge on any atom is -0.481 e. The molecule has 0 aromatic heterocycles. The average molecular weight is 242 g/mol. The van der Waals surface area contributed by atoms with Crippen molar-refractivity contribution in [3.8, 4) is 0 Å². The topological polar surface area (TPSA) is 69.6 Å². The Labute approximate surface area is 102 Å². The molecule has 0 bridgehead atoms. The minimum atomic E-state index is -0.882. The molecule has 98 valence electrons. The summed E-state index contributed by atoms with van der Waals surface area (Å²) in [5, 5.41) is 11.1. The van der Waals surface area contributed by atoms with Crippen LogP contribution in [-0.4, -0.2) is 41.6 Å². The predicted octanol–water partition coefficient (Wildman–Crippen LogP) is 1.68. The van der Waals surface area contributed by atoms with E-state index in [0.29, 0.717) is 0 Å². The van der Waals surface area contributed by atoms with E-state index in [9.17, 15) is 9.59 Å². The maximum absolute atomic E-state index is 11.7. The molecule has 0 atom stereocenters. The van der Waals surface area contributed by atoms with Gasteiger partial charge in [0.05, 0.1) is 6.42 Å². The molecule has 2 amide bonds. The van der Waals surface area contributed by atoms with Gasteiger partial charge >= 0.3 is 12.0 Å². The van der Waals surface area contributed by atoms with Gasteiger partial charge in [0.1, 0.15) is 0 Å². The number of piperidine rings is 1. The zero-order valence-corrected chi connectivity index (χ0v) is 10.4. The van der Waals surface area contributed by atoms with Gasteiger partial charge in [-0.05, 0) is 18.8 Å². The highest BCUT2D eigenvalue weighted by Crippen LogP contribution is 2.21. The Hall–Kier alpha value is -1.26. The standard InChI is InChI=1S/C12H22N2O3/c1-2-3-10-5-8-14(9-6-10)12(17)13-7-4-11(15)16/h10H,2-9H2,1H3,(H,13,17)(H,15,16). The van der Waals surface area contributed by atoms with Crippen molar-refractivity contribution in [2.75, 3.05) is 19.6 Å². The van der Waals surface area contributed by atoms with Crippen molar-refractivity contribution in [1.29, 1.82) is 0 Å². The first-order valence-electron chi connectivity index (χ1n) is 6.38. The monoisotopic (exact) mass is 242 g/mol. The second-order valence-electron chi connectivity index (χ2n) is 4.59. The number of rotatable bonds is 5. The van der Waals surface area contributed by atoms with Crippen LogP contribution < -0.4 is 5.32 Å². The number of carboxylic acids is 1. The van der Waals surface area contributed by atoms with Crippen LogP contribution in [0.5, 0.6) is 0 Å². The third-order valence-electron chi connectivity index (χ3n) is 3.21. The fourth-order valence-corrected chi connectivity index (χ4v) is 2.22. The van der Waals surface area contributed by atoms with Gasteiger partial charge in [-0.25, -0.2) is 4.79 Å². The molecule has 1 aliphatic heterocycles. The van der Waals surface area contributed by atoms with Gasteiger partial charge in [-0.15, -0.1) is 0 Å². The molecule has 1 saturated heterocycles. The van der Waals surface area contributed by atoms with Gasteiger partial charge in [0.25, 0.3) is 0 Å². The first-order valence-corrected chi connectivity index (χ1v) is 6.38. The summed E-state index contributed by atoms with van der Waals surface area (Å²) in [7, 11) is 0. The summed E-state index contributed by atoms with van der Waals surface area (Å²) in [4.78, 5) is 23.8. The Bertz CT molecular complexity index is 260. The molecule has 1 heterocycles. The van der Waals surface area contributed by atoms with Crippen molar-refractivity contribution in [2.45, 2.75) is 39.0 Å². The predicted molar refractivity (Wildman–Crippen MR) is 64.9 cm³/mol. The maximum atomic E-state index is 11.7. The fourth-order valence-electron chi connectivity index (χ4n) is 2.22. The maximum Gasteiger partial charge on any atom is 0.317 e. The van der Waals surface area contributed by atoms with Gasteiger partial charge in [0.15, 0.2) is 0 Å². The van der Waals surface area contributed by atoms with Crippen LogP contribution in [0.3, 0.4) is 0 Å². The molecule has 0 aromatic carbocycles. The third kappa shape index (κ3) is 5.06. The minimum absolute atomic E-state index is 0.0158. The molecule has 0 spiro atoms. The summed E-state index contributed by atoms with van der Waals surface area (Å²) in [5.74, 6) is -0.130. The molecule has 1 rings (SSSR count). The van der Waals surface area contributed by atoms with Crippen LogP contribution in [0.4, 0.5) is 4.79 Å². The molecule has 0 saturated carbocycles. The molecule has 1 fully saturated rings. The largest absolute Gasteiger partial charge is 0.481 e. The number of nitrogens with zero attached hydrogens (tertiary/aromatic N) is 1. The summed E-state index contributed by atoms with van der Waals surface area (Å²) >= 11 is 0. The lowest BCUT2D eigenvalue weighted by molar-refractivity contribution is -0.136. The highest BCUT2D eigenvalue weighted by atomic mass is 16.4. The Morgan fingerprint density at radius 3 is 2.53 bits per heavy atom. The van der Waals surface area contributed by atoms with Crippen LogP contribution >= 0.6 is 0 Å². The Morgan fingerprint density at radius 2 is 2.00 bits per heavy atom. The molecule has 0 aliphatic carbocycles. The van der Waals surface area contributed by atoms with Crippen molar-refractivity contribution in [2.24, 2.45) is 5.92 Å². The van der Waals surface area contributed by atoms with Gasteiger partial charge in [0, 0.05) is 19.6 Å². The van der Waals surface area contributed by atoms with Crippen LogP contribution in [0, 0.1) is 5.92 Å².